The summed E-state index contributed by atoms with van der Waals surface area (Å²) in [6.45, 7) is 3.66. The number of nitrogens with one attached hydrogen (secondary N) is 1. The molecule has 108 valence electrons. The lowest BCUT2D eigenvalue weighted by Gasteiger charge is -2.26. The molecule has 20 heavy (non-hydrogen) atoms. The van der Waals surface area contributed by atoms with E-state index in [0.717, 1.165) is 0 Å². The molecule has 0 aliphatic carbocycles. The van der Waals surface area contributed by atoms with E-state index in [0.29, 0.717) is 11.5 Å². The highest BCUT2D eigenvalue weighted by molar-refractivity contribution is 5.87. The third kappa shape index (κ3) is 3.20. The zero-order chi connectivity index (χ0) is 14.5. The minimum atomic E-state index is -0.776. The van der Waals surface area contributed by atoms with Gasteiger partial charge in [0.25, 0.3) is 5.91 Å². The molecule has 0 radical (unpaired) electrons. The minimum Gasteiger partial charge on any atom is -0.485 e. The van der Waals surface area contributed by atoms with Gasteiger partial charge < -0.3 is 19.5 Å². The van der Waals surface area contributed by atoms with Crippen LogP contribution in [-0.4, -0.2) is 37.2 Å². The Morgan fingerprint density at radius 2 is 2.10 bits per heavy atom. The average molecular weight is 279 g/mol. The van der Waals surface area contributed by atoms with Crippen LogP contribution in [0.25, 0.3) is 0 Å². The van der Waals surface area contributed by atoms with Crippen molar-refractivity contribution < 1.29 is 23.8 Å². The summed E-state index contributed by atoms with van der Waals surface area (Å²) in [5.74, 6) is 0.246. The quantitative estimate of drug-likeness (QED) is 0.829. The standard InChI is InChI=1S/C14H17NO5/c1-3-18-14(17)9(2)15-13(16)12-8-19-10-6-4-5-7-11(10)20-12/h4-7,9,12H,3,8H2,1-2H3,(H,15,16). The second kappa shape index (κ2) is 6.27. The predicted octanol–water partition coefficient (Wildman–Crippen LogP) is 0.894. The molecule has 1 aliphatic heterocycles. The second-order valence-corrected chi connectivity index (χ2v) is 4.35. The summed E-state index contributed by atoms with van der Waals surface area (Å²) in [4.78, 5) is 23.5. The molecule has 6 heteroatoms. The fourth-order valence-corrected chi connectivity index (χ4v) is 1.78. The van der Waals surface area contributed by atoms with Crippen molar-refractivity contribution in [3.8, 4) is 11.5 Å². The first-order valence-electron chi connectivity index (χ1n) is 6.47. The van der Waals surface area contributed by atoms with E-state index in [1.165, 1.54) is 0 Å². The van der Waals surface area contributed by atoms with Crippen LogP contribution in [0.3, 0.4) is 0 Å². The maximum atomic E-state index is 12.0. The smallest absolute Gasteiger partial charge is 0.328 e. The van der Waals surface area contributed by atoms with E-state index in [4.69, 9.17) is 14.2 Å². The van der Waals surface area contributed by atoms with E-state index in [-0.39, 0.29) is 13.2 Å². The summed E-state index contributed by atoms with van der Waals surface area (Å²) in [6.07, 6.45) is -0.776. The van der Waals surface area contributed by atoms with Crippen LogP contribution in [0.1, 0.15) is 13.8 Å². The van der Waals surface area contributed by atoms with Crippen LogP contribution < -0.4 is 14.8 Å². The number of amides is 1. The van der Waals surface area contributed by atoms with Gasteiger partial charge in [-0.25, -0.2) is 4.79 Å². The van der Waals surface area contributed by atoms with Crippen molar-refractivity contribution in [2.24, 2.45) is 0 Å². The topological polar surface area (TPSA) is 73.9 Å². The number of hydrogen-bond donors (Lipinski definition) is 1. The highest BCUT2D eigenvalue weighted by Crippen LogP contribution is 2.30. The number of carbonyl (C=O) groups is 2. The van der Waals surface area contributed by atoms with Crippen LogP contribution >= 0.6 is 0 Å². The molecule has 1 aromatic rings. The maximum absolute atomic E-state index is 12.0. The Balaban J connectivity index is 1.93. The molecular formula is C14H17NO5. The average Bonchev–Trinajstić information content (AvgIpc) is 2.46. The van der Waals surface area contributed by atoms with Gasteiger partial charge in [-0.3, -0.25) is 4.79 Å². The van der Waals surface area contributed by atoms with Gasteiger partial charge in [-0.2, -0.15) is 0 Å². The Labute approximate surface area is 117 Å². The molecule has 0 fully saturated rings. The summed E-state index contributed by atoms with van der Waals surface area (Å²) in [6, 6.07) is 6.40. The Kier molecular flexibility index (Phi) is 4.45. The molecule has 0 aromatic heterocycles. The number of benzene rings is 1. The molecule has 1 amide bonds. The molecular weight excluding hydrogens is 262 g/mol. The fraction of sp³-hybridized carbons (Fsp3) is 0.429. The zero-order valence-electron chi connectivity index (χ0n) is 11.4. The summed E-state index contributed by atoms with van der Waals surface area (Å²) in [5.41, 5.74) is 0. The summed E-state index contributed by atoms with van der Waals surface area (Å²) in [5, 5.41) is 2.55. The first kappa shape index (κ1) is 14.2. The van der Waals surface area contributed by atoms with Crippen molar-refractivity contribution in [3.05, 3.63) is 24.3 Å². The normalized spacial score (nSPS) is 18.0. The molecule has 2 rings (SSSR count). The van der Waals surface area contributed by atoms with E-state index in [1.54, 1.807) is 32.0 Å². The molecule has 1 aliphatic rings. The Morgan fingerprint density at radius 3 is 2.80 bits per heavy atom. The second-order valence-electron chi connectivity index (χ2n) is 4.35. The van der Waals surface area contributed by atoms with Crippen LogP contribution in [0, 0.1) is 0 Å². The van der Waals surface area contributed by atoms with Crippen molar-refractivity contribution in [1.82, 2.24) is 5.32 Å². The first-order valence-corrected chi connectivity index (χ1v) is 6.47. The molecule has 0 bridgehead atoms. The van der Waals surface area contributed by atoms with E-state index < -0.39 is 24.0 Å². The first-order chi connectivity index (χ1) is 9.61. The Morgan fingerprint density at radius 1 is 1.40 bits per heavy atom. The van der Waals surface area contributed by atoms with Crippen molar-refractivity contribution in [2.45, 2.75) is 26.0 Å². The minimum absolute atomic E-state index is 0.110. The van der Waals surface area contributed by atoms with E-state index in [9.17, 15) is 9.59 Å². The van der Waals surface area contributed by atoms with Gasteiger partial charge in [0, 0.05) is 0 Å². The largest absolute Gasteiger partial charge is 0.485 e. The van der Waals surface area contributed by atoms with Crippen LogP contribution in [0.4, 0.5) is 0 Å². The highest BCUT2D eigenvalue weighted by atomic mass is 16.6. The van der Waals surface area contributed by atoms with Crippen LogP contribution in [0.15, 0.2) is 24.3 Å². The SMILES string of the molecule is CCOC(=O)C(C)NC(=O)C1COc2ccccc2O1. The number of rotatable bonds is 4. The molecule has 2 atom stereocenters. The van der Waals surface area contributed by atoms with Gasteiger partial charge >= 0.3 is 5.97 Å². The number of hydrogen-bond acceptors (Lipinski definition) is 5. The fourth-order valence-electron chi connectivity index (χ4n) is 1.78. The molecule has 6 nitrogen and oxygen atoms in total. The van der Waals surface area contributed by atoms with Crippen LogP contribution in [0.5, 0.6) is 11.5 Å². The Hall–Kier alpha value is -2.24. The maximum Gasteiger partial charge on any atom is 0.328 e. The molecule has 0 spiro atoms. The van der Waals surface area contributed by atoms with E-state index in [1.807, 2.05) is 6.07 Å². The lowest BCUT2D eigenvalue weighted by atomic mass is 10.2. The third-order valence-corrected chi connectivity index (χ3v) is 2.80. The predicted molar refractivity (Wildman–Crippen MR) is 70.6 cm³/mol. The van der Waals surface area contributed by atoms with Gasteiger partial charge in [0.2, 0.25) is 6.10 Å². The van der Waals surface area contributed by atoms with Gasteiger partial charge in [0.05, 0.1) is 6.61 Å². The van der Waals surface area contributed by atoms with Crippen LogP contribution in [0.2, 0.25) is 0 Å². The summed E-state index contributed by atoms with van der Waals surface area (Å²) >= 11 is 0. The number of esters is 1. The highest BCUT2D eigenvalue weighted by Gasteiger charge is 2.29. The number of ether oxygens (including phenoxy) is 3. The lowest BCUT2D eigenvalue weighted by Crippen LogP contribution is -2.49. The summed E-state index contributed by atoms with van der Waals surface area (Å²) < 4.78 is 15.8. The van der Waals surface area contributed by atoms with Crippen molar-refractivity contribution in [1.29, 1.82) is 0 Å². The van der Waals surface area contributed by atoms with Crippen LogP contribution in [-0.2, 0) is 14.3 Å². The van der Waals surface area contributed by atoms with E-state index in [2.05, 4.69) is 5.32 Å². The van der Waals surface area contributed by atoms with Crippen molar-refractivity contribution >= 4 is 11.9 Å². The molecule has 2 unspecified atom stereocenters. The molecule has 0 saturated heterocycles. The molecule has 1 aromatic carbocycles. The number of para-hydroxylation sites is 2. The number of fused-ring (bicyclic) bond motifs is 1. The van der Waals surface area contributed by atoms with Gasteiger partial charge in [-0.05, 0) is 26.0 Å². The molecule has 0 saturated carbocycles. The van der Waals surface area contributed by atoms with E-state index >= 15 is 0 Å². The van der Waals surface area contributed by atoms with Crippen molar-refractivity contribution in [3.63, 3.8) is 0 Å². The zero-order valence-corrected chi connectivity index (χ0v) is 11.4. The Bertz CT molecular complexity index is 502. The molecule has 1 heterocycles. The molecule has 1 N–H and O–H groups in total. The monoisotopic (exact) mass is 279 g/mol. The summed E-state index contributed by atoms with van der Waals surface area (Å²) in [7, 11) is 0. The number of carbonyl (C=O) groups excluding carboxylic acids is 2. The third-order valence-electron chi connectivity index (χ3n) is 2.80. The van der Waals surface area contributed by atoms with Gasteiger partial charge in [-0.1, -0.05) is 12.1 Å². The van der Waals surface area contributed by atoms with Gasteiger partial charge in [0.1, 0.15) is 12.6 Å². The van der Waals surface area contributed by atoms with Gasteiger partial charge in [-0.15, -0.1) is 0 Å². The lowest BCUT2D eigenvalue weighted by molar-refractivity contribution is -0.148. The van der Waals surface area contributed by atoms with Crippen molar-refractivity contribution in [2.75, 3.05) is 13.2 Å². The van der Waals surface area contributed by atoms with Gasteiger partial charge in [0.15, 0.2) is 11.5 Å².